The van der Waals surface area contributed by atoms with E-state index in [-0.39, 0.29) is 71.6 Å². The van der Waals surface area contributed by atoms with Gasteiger partial charge in [-0.15, -0.1) is 0 Å². The molecule has 2 aromatic rings. The van der Waals surface area contributed by atoms with Crippen molar-refractivity contribution in [2.75, 3.05) is 13.7 Å². The number of hydrogen-bond donors (Lipinski definition) is 2. The normalized spacial score (nSPS) is 13.1. The van der Waals surface area contributed by atoms with E-state index in [1.54, 1.807) is 18.2 Å². The first-order chi connectivity index (χ1) is 14.8. The van der Waals surface area contributed by atoms with Gasteiger partial charge in [-0.3, -0.25) is 4.79 Å². The maximum atomic E-state index is 14.1. The van der Waals surface area contributed by atoms with E-state index in [1.165, 1.54) is 12.1 Å². The Bertz CT molecular complexity index is 923. The molecule has 0 spiro atoms. The van der Waals surface area contributed by atoms with Crippen molar-refractivity contribution in [2.24, 2.45) is 5.92 Å². The van der Waals surface area contributed by atoms with Crippen molar-refractivity contribution < 1.29 is 40.1 Å². The smallest absolute Gasteiger partial charge is 0.252 e. The van der Waals surface area contributed by atoms with Gasteiger partial charge in [-0.05, 0) is 48.1 Å². The second-order valence-corrected chi connectivity index (χ2v) is 8.51. The van der Waals surface area contributed by atoms with E-state index in [2.05, 4.69) is 26.1 Å². The van der Waals surface area contributed by atoms with Crippen LogP contribution in [0.2, 0.25) is 10.0 Å². The van der Waals surface area contributed by atoms with Gasteiger partial charge in [0.05, 0.1) is 15.6 Å². The van der Waals surface area contributed by atoms with Crippen LogP contribution in [0.1, 0.15) is 48.5 Å². The molecule has 3 rings (SSSR count). The largest absolute Gasteiger partial charge is 0.693 e. The SMILES string of the molecule is CO.[CH2-]CC(C[CH2-])CNC(=O)c1ccc(Cl)c(Oc2cc(F)cc(C3(C)CC3)c2)c1Cl.[NH2-].[W]. The van der Waals surface area contributed by atoms with Crippen LogP contribution >= 0.6 is 23.2 Å². The molecule has 33 heavy (non-hydrogen) atoms. The molecule has 1 fully saturated rings. The summed E-state index contributed by atoms with van der Waals surface area (Å²) in [5, 5.41) is 10.2. The molecule has 2 aromatic carbocycles. The first-order valence-electron chi connectivity index (χ1n) is 10.1. The molecule has 1 amide bonds. The summed E-state index contributed by atoms with van der Waals surface area (Å²) in [6, 6.07) is 7.68. The minimum absolute atomic E-state index is 0. The molecule has 184 valence electrons. The molecule has 1 aliphatic carbocycles. The number of nitrogens with two attached hydrogens (primary N) is 1. The van der Waals surface area contributed by atoms with Crippen LogP contribution in [-0.2, 0) is 26.5 Å². The number of halogens is 3. The van der Waals surface area contributed by atoms with Gasteiger partial charge in [0.1, 0.15) is 11.6 Å². The van der Waals surface area contributed by atoms with Crippen LogP contribution in [0.3, 0.4) is 0 Å². The first kappa shape index (κ1) is 31.8. The van der Waals surface area contributed by atoms with Crippen LogP contribution in [0.25, 0.3) is 6.15 Å². The molecule has 0 atom stereocenters. The predicted molar refractivity (Wildman–Crippen MR) is 129 cm³/mol. The van der Waals surface area contributed by atoms with Gasteiger partial charge in [0.2, 0.25) is 0 Å². The molecule has 0 heterocycles. The molecule has 0 aromatic heterocycles. The van der Waals surface area contributed by atoms with Crippen LogP contribution < -0.4 is 10.1 Å². The Morgan fingerprint density at radius 3 is 2.36 bits per heavy atom. The van der Waals surface area contributed by atoms with E-state index < -0.39 is 0 Å². The van der Waals surface area contributed by atoms with E-state index >= 15 is 0 Å². The molecule has 0 bridgehead atoms. The van der Waals surface area contributed by atoms with Gasteiger partial charge >= 0.3 is 0 Å². The summed E-state index contributed by atoms with van der Waals surface area (Å²) in [5.74, 6) is -0.115. The third-order valence-electron chi connectivity index (χ3n) is 5.45. The van der Waals surface area contributed by atoms with Crippen LogP contribution in [0.5, 0.6) is 11.5 Å². The van der Waals surface area contributed by atoms with Gasteiger partial charge < -0.3 is 35.2 Å². The van der Waals surface area contributed by atoms with Gasteiger partial charge in [0.25, 0.3) is 5.91 Å². The minimum Gasteiger partial charge on any atom is -0.693 e. The number of carbonyl (C=O) groups is 1. The van der Waals surface area contributed by atoms with Crippen LogP contribution in [0.4, 0.5) is 4.39 Å². The Morgan fingerprint density at radius 1 is 1.21 bits per heavy atom. The third-order valence-corrected chi connectivity index (χ3v) is 6.12. The van der Waals surface area contributed by atoms with Gasteiger partial charge in [0, 0.05) is 40.8 Å². The van der Waals surface area contributed by atoms with E-state index in [9.17, 15) is 9.18 Å². The Labute approximate surface area is 220 Å². The summed E-state index contributed by atoms with van der Waals surface area (Å²) in [4.78, 5) is 12.6. The van der Waals surface area contributed by atoms with Crippen LogP contribution in [0.15, 0.2) is 30.3 Å². The number of ether oxygens (including phenoxy) is 1. The Morgan fingerprint density at radius 2 is 1.82 bits per heavy atom. The van der Waals surface area contributed by atoms with Crippen molar-refractivity contribution in [3.05, 3.63) is 77.3 Å². The molecule has 9 heteroatoms. The Balaban J connectivity index is 0.00000249. The summed E-state index contributed by atoms with van der Waals surface area (Å²) < 4.78 is 20.0. The summed E-state index contributed by atoms with van der Waals surface area (Å²) in [7, 11) is 1.00. The molecule has 1 aliphatic rings. The maximum Gasteiger partial charge on any atom is 0.252 e. The van der Waals surface area contributed by atoms with E-state index in [0.29, 0.717) is 25.1 Å². The molecular weight excluding hydrogens is 638 g/mol. The maximum absolute atomic E-state index is 14.1. The van der Waals surface area contributed by atoms with E-state index in [1.807, 2.05) is 0 Å². The molecular formula is C24H30Cl2FN2O3W-3. The number of hydrogen-bond acceptors (Lipinski definition) is 3. The molecule has 1 saturated carbocycles. The van der Waals surface area contributed by atoms with Crippen molar-refractivity contribution in [1.29, 1.82) is 0 Å². The van der Waals surface area contributed by atoms with Crippen molar-refractivity contribution in [2.45, 2.75) is 38.0 Å². The fourth-order valence-electron chi connectivity index (χ4n) is 3.05. The molecule has 5 nitrogen and oxygen atoms in total. The number of amides is 1. The standard InChI is InChI=1S/C23H24Cl2FNO2.CH4O.H2N.W/c1-4-14(5-2)13-27-22(28)18-6-7-19(24)21(20(18)25)29-17-11-15(10-16(26)12-17)23(3)8-9-23;1-2;;/h6-7,10-12,14H,1-2,4-5,8-9,13H2,3H3,(H,27,28);2H,1H3;1H2;/q-2;;-1;. The zero-order chi connectivity index (χ0) is 23.2. The second-order valence-electron chi connectivity index (χ2n) is 7.73. The van der Waals surface area contributed by atoms with Crippen molar-refractivity contribution in [1.82, 2.24) is 5.32 Å². The number of aliphatic hydroxyl groups excluding tert-OH is 1. The minimum atomic E-state index is -0.390. The topological polar surface area (TPSA) is 92.1 Å². The van der Waals surface area contributed by atoms with Crippen molar-refractivity contribution >= 4 is 29.1 Å². The summed E-state index contributed by atoms with van der Waals surface area (Å²) in [5.41, 5.74) is 1.10. The predicted octanol–water partition coefficient (Wildman–Crippen LogP) is 7.09. The van der Waals surface area contributed by atoms with Gasteiger partial charge in [-0.1, -0.05) is 36.0 Å². The van der Waals surface area contributed by atoms with Gasteiger partial charge in [-0.2, -0.15) is 12.8 Å². The van der Waals surface area contributed by atoms with Crippen molar-refractivity contribution in [3.8, 4) is 11.5 Å². The second kappa shape index (κ2) is 14.3. The van der Waals surface area contributed by atoms with E-state index in [4.69, 9.17) is 33.0 Å². The van der Waals surface area contributed by atoms with Crippen molar-refractivity contribution in [3.63, 3.8) is 0 Å². The molecule has 0 saturated heterocycles. The third kappa shape index (κ3) is 8.22. The molecule has 0 aliphatic heterocycles. The van der Waals surface area contributed by atoms with Gasteiger partial charge in [-0.25, -0.2) is 4.39 Å². The molecule has 4 N–H and O–H groups in total. The number of nitrogens with one attached hydrogen (secondary N) is 1. The fourth-order valence-corrected chi connectivity index (χ4v) is 3.58. The number of benzene rings is 2. The van der Waals surface area contributed by atoms with Crippen LogP contribution in [-0.4, -0.2) is 24.7 Å². The molecule has 0 unspecified atom stereocenters. The number of aliphatic hydroxyl groups is 1. The quantitative estimate of drug-likeness (QED) is 0.295. The zero-order valence-corrected chi connectivity index (χ0v) is 23.2. The number of carbonyl (C=O) groups excluding carboxylic acids is 1. The summed E-state index contributed by atoms with van der Waals surface area (Å²) >= 11 is 12.7. The first-order valence-corrected chi connectivity index (χ1v) is 10.8. The average molecular weight is 668 g/mol. The van der Waals surface area contributed by atoms with Crippen LogP contribution in [0, 0.1) is 25.6 Å². The Kier molecular flexibility index (Phi) is 13.8. The zero-order valence-electron chi connectivity index (χ0n) is 18.8. The summed E-state index contributed by atoms with van der Waals surface area (Å²) in [6.07, 6.45) is 3.36. The summed E-state index contributed by atoms with van der Waals surface area (Å²) in [6.45, 7) is 10.2. The average Bonchev–Trinajstić information content (AvgIpc) is 3.51. The monoisotopic (exact) mass is 667 g/mol. The number of rotatable bonds is 8. The molecule has 0 radical (unpaired) electrons. The van der Waals surface area contributed by atoms with Gasteiger partial charge in [0.15, 0.2) is 5.75 Å². The fraction of sp³-hybridized carbons (Fsp3) is 0.375. The Hall–Kier alpha value is -1.17. The van der Waals surface area contributed by atoms with E-state index in [0.717, 1.165) is 25.5 Å².